The minimum absolute atomic E-state index is 0.229. The summed E-state index contributed by atoms with van der Waals surface area (Å²) in [4.78, 5) is 4.72. The Morgan fingerprint density at radius 2 is 1.75 bits per heavy atom. The van der Waals surface area contributed by atoms with Crippen LogP contribution in [0.15, 0.2) is 24.3 Å². The first kappa shape index (κ1) is 17.5. The van der Waals surface area contributed by atoms with Crippen molar-refractivity contribution < 1.29 is 17.9 Å². The maximum atomic E-state index is 11.6. The summed E-state index contributed by atoms with van der Waals surface area (Å²) in [6.45, 7) is 5.39. The van der Waals surface area contributed by atoms with Crippen LogP contribution in [0.2, 0.25) is 0 Å². The minimum Gasteiger partial charge on any atom is -0.497 e. The van der Waals surface area contributed by atoms with Crippen molar-refractivity contribution in [1.82, 2.24) is 9.80 Å². The van der Waals surface area contributed by atoms with Gasteiger partial charge in [-0.3, -0.25) is 9.80 Å². The first-order valence-corrected chi connectivity index (χ1v) is 10.3. The van der Waals surface area contributed by atoms with E-state index in [0.29, 0.717) is 18.1 Å². The van der Waals surface area contributed by atoms with Crippen molar-refractivity contribution in [2.75, 3.05) is 57.9 Å². The first-order valence-electron chi connectivity index (χ1n) is 8.49. The zero-order valence-electron chi connectivity index (χ0n) is 14.2. The van der Waals surface area contributed by atoms with E-state index in [-0.39, 0.29) is 6.04 Å². The summed E-state index contributed by atoms with van der Waals surface area (Å²) < 4.78 is 34.1. The molecular weight excluding hydrogens is 328 g/mol. The van der Waals surface area contributed by atoms with Crippen LogP contribution in [-0.4, -0.2) is 82.2 Å². The molecule has 0 spiro atoms. The van der Waals surface area contributed by atoms with E-state index in [1.165, 1.54) is 0 Å². The molecule has 1 aromatic carbocycles. The van der Waals surface area contributed by atoms with E-state index in [1.807, 2.05) is 24.3 Å². The van der Waals surface area contributed by atoms with Crippen LogP contribution in [-0.2, 0) is 9.84 Å². The zero-order valence-corrected chi connectivity index (χ0v) is 15.0. The lowest BCUT2D eigenvalue weighted by Gasteiger charge is -2.37. The number of piperazine rings is 1. The fraction of sp³-hybridized carbons (Fsp3) is 0.647. The topological polar surface area (TPSA) is 59.1 Å². The van der Waals surface area contributed by atoms with E-state index in [4.69, 9.17) is 9.47 Å². The van der Waals surface area contributed by atoms with Crippen molar-refractivity contribution in [2.45, 2.75) is 12.5 Å². The summed E-state index contributed by atoms with van der Waals surface area (Å²) in [6.07, 6.45) is 0.795. The fourth-order valence-electron chi connectivity index (χ4n) is 3.38. The highest BCUT2D eigenvalue weighted by Crippen LogP contribution is 2.19. The molecule has 24 heavy (non-hydrogen) atoms. The van der Waals surface area contributed by atoms with Gasteiger partial charge in [-0.2, -0.15) is 0 Å². The average Bonchev–Trinajstić information content (AvgIpc) is 2.96. The summed E-state index contributed by atoms with van der Waals surface area (Å²) in [7, 11) is -1.14. The molecule has 1 atom stereocenters. The molecule has 134 valence electrons. The van der Waals surface area contributed by atoms with Crippen molar-refractivity contribution in [3.05, 3.63) is 24.3 Å². The van der Waals surface area contributed by atoms with Gasteiger partial charge in [0.05, 0.1) is 18.6 Å². The van der Waals surface area contributed by atoms with Crippen LogP contribution in [0.1, 0.15) is 6.42 Å². The first-order chi connectivity index (χ1) is 11.6. The van der Waals surface area contributed by atoms with Gasteiger partial charge >= 0.3 is 0 Å². The molecule has 0 bridgehead atoms. The molecule has 6 nitrogen and oxygen atoms in total. The lowest BCUT2D eigenvalue weighted by molar-refractivity contribution is 0.0937. The van der Waals surface area contributed by atoms with Gasteiger partial charge in [-0.15, -0.1) is 0 Å². The Morgan fingerprint density at radius 3 is 2.33 bits per heavy atom. The second-order valence-electron chi connectivity index (χ2n) is 6.46. The molecule has 2 aliphatic heterocycles. The van der Waals surface area contributed by atoms with Gasteiger partial charge in [-0.1, -0.05) is 0 Å². The molecule has 0 aliphatic carbocycles. The van der Waals surface area contributed by atoms with Gasteiger partial charge < -0.3 is 9.47 Å². The van der Waals surface area contributed by atoms with E-state index in [9.17, 15) is 8.42 Å². The summed E-state index contributed by atoms with van der Waals surface area (Å²) in [5, 5.41) is 0. The van der Waals surface area contributed by atoms with Crippen LogP contribution >= 0.6 is 0 Å². The van der Waals surface area contributed by atoms with Crippen LogP contribution in [0.25, 0.3) is 0 Å². The van der Waals surface area contributed by atoms with E-state index in [0.717, 1.165) is 50.6 Å². The van der Waals surface area contributed by atoms with Gasteiger partial charge in [0.25, 0.3) is 0 Å². The zero-order chi connectivity index (χ0) is 17.0. The maximum Gasteiger partial charge on any atom is 0.151 e. The van der Waals surface area contributed by atoms with E-state index < -0.39 is 9.84 Å². The molecule has 2 fully saturated rings. The number of hydrogen-bond donors (Lipinski definition) is 0. The third kappa shape index (κ3) is 4.62. The molecule has 1 aromatic rings. The Bertz CT molecular complexity index is 624. The highest BCUT2D eigenvalue weighted by atomic mass is 32.2. The normalized spacial score (nSPS) is 24.8. The molecule has 1 unspecified atom stereocenters. The predicted octanol–water partition coefficient (Wildman–Crippen LogP) is 0.879. The number of rotatable bonds is 6. The van der Waals surface area contributed by atoms with Crippen molar-refractivity contribution in [1.29, 1.82) is 0 Å². The van der Waals surface area contributed by atoms with E-state index in [2.05, 4.69) is 9.80 Å². The van der Waals surface area contributed by atoms with Crippen LogP contribution in [0.3, 0.4) is 0 Å². The summed E-state index contributed by atoms with van der Waals surface area (Å²) in [6, 6.07) is 7.84. The van der Waals surface area contributed by atoms with Gasteiger partial charge in [0.1, 0.15) is 18.1 Å². The fourth-order valence-corrected chi connectivity index (χ4v) is 5.14. The predicted molar refractivity (Wildman–Crippen MR) is 93.6 cm³/mol. The minimum atomic E-state index is -2.79. The summed E-state index contributed by atoms with van der Waals surface area (Å²) >= 11 is 0. The van der Waals surface area contributed by atoms with Crippen molar-refractivity contribution in [3.8, 4) is 11.5 Å². The smallest absolute Gasteiger partial charge is 0.151 e. The molecule has 0 amide bonds. The van der Waals surface area contributed by atoms with Gasteiger partial charge in [-0.25, -0.2) is 8.42 Å². The summed E-state index contributed by atoms with van der Waals surface area (Å²) in [5.74, 6) is 2.37. The number of ether oxygens (including phenoxy) is 2. The van der Waals surface area contributed by atoms with Gasteiger partial charge in [0.2, 0.25) is 0 Å². The Balaban J connectivity index is 1.36. The van der Waals surface area contributed by atoms with Crippen molar-refractivity contribution in [3.63, 3.8) is 0 Å². The van der Waals surface area contributed by atoms with Crippen LogP contribution < -0.4 is 9.47 Å². The Labute approximate surface area is 144 Å². The number of hydrogen-bond acceptors (Lipinski definition) is 6. The third-order valence-electron chi connectivity index (χ3n) is 4.87. The lowest BCUT2D eigenvalue weighted by atomic mass is 10.2. The maximum absolute atomic E-state index is 11.6. The monoisotopic (exact) mass is 354 g/mol. The van der Waals surface area contributed by atoms with Gasteiger partial charge in [0.15, 0.2) is 9.84 Å². The second kappa shape index (κ2) is 7.72. The molecule has 0 saturated carbocycles. The number of methoxy groups -OCH3 is 1. The van der Waals surface area contributed by atoms with Crippen molar-refractivity contribution in [2.24, 2.45) is 0 Å². The molecule has 7 heteroatoms. The Kier molecular flexibility index (Phi) is 5.63. The molecule has 0 N–H and O–H groups in total. The number of sulfone groups is 1. The summed E-state index contributed by atoms with van der Waals surface area (Å²) in [5.41, 5.74) is 0. The molecular formula is C17H26N2O4S. The third-order valence-corrected chi connectivity index (χ3v) is 6.62. The second-order valence-corrected chi connectivity index (χ2v) is 8.69. The largest absolute Gasteiger partial charge is 0.497 e. The number of benzene rings is 1. The Hall–Kier alpha value is -1.31. The Morgan fingerprint density at radius 1 is 1.08 bits per heavy atom. The molecule has 2 saturated heterocycles. The van der Waals surface area contributed by atoms with Crippen LogP contribution in [0.5, 0.6) is 11.5 Å². The number of nitrogens with zero attached hydrogens (tertiary/aromatic N) is 2. The molecule has 0 radical (unpaired) electrons. The quantitative estimate of drug-likeness (QED) is 0.756. The highest BCUT2D eigenvalue weighted by molar-refractivity contribution is 7.91. The standard InChI is InChI=1S/C17H26N2O4S/c1-22-16-2-4-17(5-3-16)23-12-11-18-7-9-19(10-8-18)15-6-13-24(20,21)14-15/h2-5,15H,6-14H2,1H3. The van der Waals surface area contributed by atoms with Gasteiger partial charge in [0, 0.05) is 38.8 Å². The van der Waals surface area contributed by atoms with Crippen molar-refractivity contribution >= 4 is 9.84 Å². The van der Waals surface area contributed by atoms with Gasteiger partial charge in [-0.05, 0) is 30.7 Å². The average molecular weight is 354 g/mol. The van der Waals surface area contributed by atoms with Crippen LogP contribution in [0.4, 0.5) is 0 Å². The van der Waals surface area contributed by atoms with E-state index in [1.54, 1.807) is 7.11 Å². The molecule has 0 aromatic heterocycles. The molecule has 2 heterocycles. The van der Waals surface area contributed by atoms with E-state index >= 15 is 0 Å². The molecule has 3 rings (SSSR count). The van der Waals surface area contributed by atoms with Crippen LogP contribution in [0, 0.1) is 0 Å². The molecule has 2 aliphatic rings. The highest BCUT2D eigenvalue weighted by Gasteiger charge is 2.33. The lowest BCUT2D eigenvalue weighted by Crippen LogP contribution is -2.51. The SMILES string of the molecule is COc1ccc(OCCN2CCN(C3CCS(=O)(=O)C3)CC2)cc1.